The Kier molecular flexibility index (Phi) is 5.19. The zero-order valence-electron chi connectivity index (χ0n) is 17.6. The molecule has 2 aliphatic rings. The molecule has 0 unspecified atom stereocenters. The highest BCUT2D eigenvalue weighted by Gasteiger charge is 2.35. The molecule has 0 bridgehead atoms. The number of ether oxygens (including phenoxy) is 1. The summed E-state index contributed by atoms with van der Waals surface area (Å²) in [6.45, 7) is 5.93. The third-order valence-corrected chi connectivity index (χ3v) is 6.54. The fraction of sp³-hybridized carbons (Fsp3) is 0.308. The summed E-state index contributed by atoms with van der Waals surface area (Å²) in [5.41, 5.74) is 3.21. The van der Waals surface area contributed by atoms with Crippen LogP contribution in [0, 0.1) is 11.3 Å². The van der Waals surface area contributed by atoms with Crippen molar-refractivity contribution >= 4 is 16.7 Å². The van der Waals surface area contributed by atoms with Crippen molar-refractivity contribution in [3.05, 3.63) is 71.8 Å². The van der Waals surface area contributed by atoms with E-state index in [-0.39, 0.29) is 11.9 Å². The van der Waals surface area contributed by atoms with Crippen LogP contribution in [0.3, 0.4) is 0 Å². The molecule has 31 heavy (non-hydrogen) atoms. The molecule has 2 heterocycles. The minimum absolute atomic E-state index is 0.0641. The second kappa shape index (κ2) is 8.14. The van der Waals surface area contributed by atoms with E-state index in [4.69, 9.17) is 4.74 Å². The third-order valence-electron chi connectivity index (χ3n) is 6.54. The maximum atomic E-state index is 13.6. The first-order valence-corrected chi connectivity index (χ1v) is 10.8. The predicted octanol–water partition coefficient (Wildman–Crippen LogP) is 3.92. The quantitative estimate of drug-likeness (QED) is 0.641. The molecule has 0 radical (unpaired) electrons. The molecule has 2 atom stereocenters. The number of hydrogen-bond donors (Lipinski definition) is 0. The molecule has 2 aliphatic heterocycles. The van der Waals surface area contributed by atoms with Gasteiger partial charge >= 0.3 is 0 Å². The lowest BCUT2D eigenvalue weighted by Gasteiger charge is -2.47. The Bertz CT molecular complexity index is 1180. The van der Waals surface area contributed by atoms with Gasteiger partial charge in [0.1, 0.15) is 0 Å². The van der Waals surface area contributed by atoms with Gasteiger partial charge in [0.05, 0.1) is 30.9 Å². The van der Waals surface area contributed by atoms with E-state index in [1.165, 1.54) is 0 Å². The molecular formula is C26H25N3O2. The number of nitriles is 1. The zero-order chi connectivity index (χ0) is 21.4. The largest absolute Gasteiger partial charge is 0.378 e. The van der Waals surface area contributed by atoms with Gasteiger partial charge in [-0.15, -0.1) is 0 Å². The van der Waals surface area contributed by atoms with E-state index in [1.54, 1.807) is 0 Å². The lowest BCUT2D eigenvalue weighted by Crippen LogP contribution is -2.62. The summed E-state index contributed by atoms with van der Waals surface area (Å²) in [6.07, 6.45) is 0. The number of carbonyl (C=O) groups is 1. The highest BCUT2D eigenvalue weighted by molar-refractivity contribution is 6.10. The molecule has 2 fully saturated rings. The first-order valence-electron chi connectivity index (χ1n) is 10.8. The second-order valence-electron chi connectivity index (χ2n) is 8.39. The molecule has 3 aromatic rings. The summed E-state index contributed by atoms with van der Waals surface area (Å²) in [7, 11) is 0. The van der Waals surface area contributed by atoms with Crippen molar-refractivity contribution in [3.8, 4) is 17.2 Å². The van der Waals surface area contributed by atoms with Crippen LogP contribution in [0.2, 0.25) is 0 Å². The number of amides is 1. The molecular weight excluding hydrogens is 386 g/mol. The van der Waals surface area contributed by atoms with Gasteiger partial charge in [-0.2, -0.15) is 5.26 Å². The standard InChI is InChI=1S/C26H25N3O2/c1-18-16-31-17-20-15-28(12-13-29(18)20)26(30)25-11-5-9-23-22(8-4-10-24(23)25)21-7-3-2-6-19(21)14-27/h2-11,18,20H,12-13,15-17H2,1H3/t18-,20+/m0/s1. The van der Waals surface area contributed by atoms with Crippen LogP contribution >= 0.6 is 0 Å². The smallest absolute Gasteiger partial charge is 0.254 e. The highest BCUT2D eigenvalue weighted by Crippen LogP contribution is 2.33. The summed E-state index contributed by atoms with van der Waals surface area (Å²) in [5, 5.41) is 11.5. The van der Waals surface area contributed by atoms with Crippen LogP contribution in [-0.4, -0.2) is 60.6 Å². The summed E-state index contributed by atoms with van der Waals surface area (Å²) < 4.78 is 5.74. The number of fused-ring (bicyclic) bond motifs is 2. The van der Waals surface area contributed by atoms with E-state index in [9.17, 15) is 10.1 Å². The van der Waals surface area contributed by atoms with Gasteiger partial charge in [-0.05, 0) is 35.4 Å². The summed E-state index contributed by atoms with van der Waals surface area (Å²) in [6, 6.07) is 22.4. The van der Waals surface area contributed by atoms with Crippen LogP contribution < -0.4 is 0 Å². The molecule has 5 heteroatoms. The molecule has 0 spiro atoms. The van der Waals surface area contributed by atoms with E-state index < -0.39 is 0 Å². The van der Waals surface area contributed by atoms with Crippen LogP contribution in [0.4, 0.5) is 0 Å². The molecule has 2 saturated heterocycles. The summed E-state index contributed by atoms with van der Waals surface area (Å²) in [5.74, 6) is 0.0641. The van der Waals surface area contributed by atoms with Gasteiger partial charge in [0, 0.05) is 36.8 Å². The number of rotatable bonds is 2. The molecule has 0 N–H and O–H groups in total. The van der Waals surface area contributed by atoms with Gasteiger partial charge in [-0.1, -0.05) is 48.5 Å². The summed E-state index contributed by atoms with van der Waals surface area (Å²) >= 11 is 0. The Labute approximate surface area is 182 Å². The fourth-order valence-electron chi connectivity index (χ4n) is 4.97. The predicted molar refractivity (Wildman–Crippen MR) is 121 cm³/mol. The van der Waals surface area contributed by atoms with Crippen molar-refractivity contribution in [1.29, 1.82) is 5.26 Å². The molecule has 3 aromatic carbocycles. The minimum atomic E-state index is 0.0641. The van der Waals surface area contributed by atoms with Crippen LogP contribution in [0.5, 0.6) is 0 Å². The Morgan fingerprint density at radius 3 is 2.61 bits per heavy atom. The fourth-order valence-corrected chi connectivity index (χ4v) is 4.97. The summed E-state index contributed by atoms with van der Waals surface area (Å²) in [4.78, 5) is 18.0. The Morgan fingerprint density at radius 2 is 1.74 bits per heavy atom. The number of benzene rings is 3. The molecule has 0 aliphatic carbocycles. The van der Waals surface area contributed by atoms with Crippen molar-refractivity contribution in [1.82, 2.24) is 9.80 Å². The van der Waals surface area contributed by atoms with Gasteiger partial charge in [-0.25, -0.2) is 0 Å². The van der Waals surface area contributed by atoms with Gasteiger partial charge in [-0.3, -0.25) is 9.69 Å². The van der Waals surface area contributed by atoms with Crippen LogP contribution in [0.1, 0.15) is 22.8 Å². The Morgan fingerprint density at radius 1 is 0.968 bits per heavy atom. The molecule has 156 valence electrons. The van der Waals surface area contributed by atoms with Gasteiger partial charge in [0.25, 0.3) is 5.91 Å². The lowest BCUT2D eigenvalue weighted by molar-refractivity contribution is -0.0699. The number of piperazine rings is 1. The van der Waals surface area contributed by atoms with Crippen molar-refractivity contribution < 1.29 is 9.53 Å². The van der Waals surface area contributed by atoms with E-state index in [0.29, 0.717) is 30.3 Å². The number of morpholine rings is 1. The van der Waals surface area contributed by atoms with Crippen molar-refractivity contribution in [2.75, 3.05) is 32.8 Å². The molecule has 0 aromatic heterocycles. The van der Waals surface area contributed by atoms with Crippen molar-refractivity contribution in [2.24, 2.45) is 0 Å². The van der Waals surface area contributed by atoms with E-state index >= 15 is 0 Å². The maximum absolute atomic E-state index is 13.6. The van der Waals surface area contributed by atoms with Crippen LogP contribution in [-0.2, 0) is 4.74 Å². The molecule has 0 saturated carbocycles. The van der Waals surface area contributed by atoms with E-state index in [0.717, 1.165) is 41.6 Å². The second-order valence-corrected chi connectivity index (χ2v) is 8.39. The van der Waals surface area contributed by atoms with Crippen molar-refractivity contribution in [3.63, 3.8) is 0 Å². The van der Waals surface area contributed by atoms with Crippen LogP contribution in [0.25, 0.3) is 21.9 Å². The Hall–Kier alpha value is -3.20. The first kappa shape index (κ1) is 19.7. The normalized spacial score (nSPS) is 21.5. The third kappa shape index (κ3) is 3.48. The molecule has 5 rings (SSSR count). The maximum Gasteiger partial charge on any atom is 0.254 e. The van der Waals surface area contributed by atoms with Gasteiger partial charge < -0.3 is 9.64 Å². The number of nitrogens with zero attached hydrogens (tertiary/aromatic N) is 3. The van der Waals surface area contributed by atoms with Crippen molar-refractivity contribution in [2.45, 2.75) is 19.0 Å². The zero-order valence-corrected chi connectivity index (χ0v) is 17.6. The van der Waals surface area contributed by atoms with Crippen LogP contribution in [0.15, 0.2) is 60.7 Å². The first-order chi connectivity index (χ1) is 15.2. The van der Waals surface area contributed by atoms with E-state index in [2.05, 4.69) is 17.9 Å². The number of carbonyl (C=O) groups excluding carboxylic acids is 1. The SMILES string of the molecule is C[C@H]1COC[C@H]2CN(C(=O)c3cccc4c(-c5ccccc5C#N)cccc34)CCN21. The average molecular weight is 412 g/mol. The minimum Gasteiger partial charge on any atom is -0.378 e. The van der Waals surface area contributed by atoms with Gasteiger partial charge in [0.15, 0.2) is 0 Å². The van der Waals surface area contributed by atoms with Gasteiger partial charge in [0.2, 0.25) is 0 Å². The average Bonchev–Trinajstić information content (AvgIpc) is 2.82. The monoisotopic (exact) mass is 411 g/mol. The molecule has 1 amide bonds. The number of hydrogen-bond acceptors (Lipinski definition) is 4. The topological polar surface area (TPSA) is 56.6 Å². The lowest BCUT2D eigenvalue weighted by atomic mass is 9.93. The van der Waals surface area contributed by atoms with E-state index in [1.807, 2.05) is 65.6 Å². The Balaban J connectivity index is 1.51. The molecule has 5 nitrogen and oxygen atoms in total. The highest BCUT2D eigenvalue weighted by atomic mass is 16.5.